The van der Waals surface area contributed by atoms with Crippen molar-refractivity contribution >= 4 is 23.4 Å². The van der Waals surface area contributed by atoms with Crippen molar-refractivity contribution < 1.29 is 9.53 Å². The molecule has 0 bridgehead atoms. The number of carbonyl (C=O) groups excluding carboxylic acids is 1. The van der Waals surface area contributed by atoms with Crippen LogP contribution in [0.2, 0.25) is 0 Å². The van der Waals surface area contributed by atoms with Crippen molar-refractivity contribution in [1.82, 2.24) is 5.43 Å². The van der Waals surface area contributed by atoms with Crippen molar-refractivity contribution in [1.29, 1.82) is 0 Å². The highest BCUT2D eigenvalue weighted by molar-refractivity contribution is 5.97. The van der Waals surface area contributed by atoms with E-state index in [-0.39, 0.29) is 11.4 Å². The molecule has 1 N–H and O–H groups in total. The van der Waals surface area contributed by atoms with Gasteiger partial charge in [0.05, 0.1) is 24.4 Å². The lowest BCUT2D eigenvalue weighted by molar-refractivity contribution is 0.0952. The molecule has 0 saturated carbocycles. The van der Waals surface area contributed by atoms with Gasteiger partial charge in [0, 0.05) is 17.3 Å². The van der Waals surface area contributed by atoms with Crippen LogP contribution in [0.5, 0.6) is 5.75 Å². The zero-order valence-corrected chi connectivity index (χ0v) is 18.0. The molecule has 1 aliphatic rings. The average molecular weight is 392 g/mol. The molecule has 0 fully saturated rings. The van der Waals surface area contributed by atoms with Crippen LogP contribution in [0, 0.1) is 0 Å². The van der Waals surface area contributed by atoms with Gasteiger partial charge in [-0.05, 0) is 70.0 Å². The fourth-order valence-electron chi connectivity index (χ4n) is 4.15. The number of rotatable bonds is 5. The number of hydrogen-bond acceptors (Lipinski definition) is 4. The first kappa shape index (κ1) is 20.6. The Morgan fingerprint density at radius 2 is 1.93 bits per heavy atom. The summed E-state index contributed by atoms with van der Waals surface area (Å²) < 4.78 is 5.23. The second kappa shape index (κ2) is 8.11. The number of fused-ring (bicyclic) bond motifs is 1. The standard InChI is InChI=1S/C24H29N3O2/c1-16(2)27-21-12-11-18(13-20(21)17(3)14-24(27,4)5)15-25-26-23(28)19-9-7-8-10-22(19)29-6/h7-16H,1-6H3,(H,26,28)/b25-15-. The maximum atomic E-state index is 12.4. The summed E-state index contributed by atoms with van der Waals surface area (Å²) in [7, 11) is 1.54. The molecule has 5 heteroatoms. The summed E-state index contributed by atoms with van der Waals surface area (Å²) in [4.78, 5) is 14.8. The Morgan fingerprint density at radius 3 is 2.62 bits per heavy atom. The van der Waals surface area contributed by atoms with Gasteiger partial charge in [0.2, 0.25) is 0 Å². The van der Waals surface area contributed by atoms with Gasteiger partial charge < -0.3 is 9.64 Å². The number of allylic oxidation sites excluding steroid dienone is 1. The molecule has 3 rings (SSSR count). The van der Waals surface area contributed by atoms with Crippen molar-refractivity contribution in [3.05, 3.63) is 65.2 Å². The molecule has 0 aliphatic carbocycles. The van der Waals surface area contributed by atoms with Gasteiger partial charge >= 0.3 is 0 Å². The van der Waals surface area contributed by atoms with Gasteiger partial charge in [0.25, 0.3) is 5.91 Å². The molecule has 0 aromatic heterocycles. The topological polar surface area (TPSA) is 53.9 Å². The third-order valence-corrected chi connectivity index (χ3v) is 5.14. The third-order valence-electron chi connectivity index (χ3n) is 5.14. The molecule has 2 aromatic rings. The summed E-state index contributed by atoms with van der Waals surface area (Å²) in [6.45, 7) is 11.0. The highest BCUT2D eigenvalue weighted by Crippen LogP contribution is 2.40. The Hall–Kier alpha value is -3.08. The molecule has 1 aliphatic heterocycles. The third kappa shape index (κ3) is 4.19. The van der Waals surface area contributed by atoms with E-state index >= 15 is 0 Å². The average Bonchev–Trinajstić information content (AvgIpc) is 2.67. The number of anilines is 1. The van der Waals surface area contributed by atoms with Crippen LogP contribution in [0.3, 0.4) is 0 Å². The number of para-hydroxylation sites is 1. The number of methoxy groups -OCH3 is 1. The summed E-state index contributed by atoms with van der Waals surface area (Å²) in [5, 5.41) is 4.14. The number of ether oxygens (including phenoxy) is 1. The molecule has 0 radical (unpaired) electrons. The van der Waals surface area contributed by atoms with Crippen LogP contribution >= 0.6 is 0 Å². The molecule has 5 nitrogen and oxygen atoms in total. The maximum absolute atomic E-state index is 12.4. The van der Waals surface area contributed by atoms with Crippen LogP contribution in [-0.4, -0.2) is 30.8 Å². The number of nitrogens with zero attached hydrogens (tertiary/aromatic N) is 2. The Bertz CT molecular complexity index is 974. The zero-order valence-electron chi connectivity index (χ0n) is 18.0. The summed E-state index contributed by atoms with van der Waals surface area (Å²) in [6, 6.07) is 13.7. The van der Waals surface area contributed by atoms with Crippen LogP contribution in [0.15, 0.2) is 53.6 Å². The first-order valence-corrected chi connectivity index (χ1v) is 9.84. The van der Waals surface area contributed by atoms with Gasteiger partial charge in [-0.2, -0.15) is 5.10 Å². The van der Waals surface area contributed by atoms with E-state index in [2.05, 4.69) is 68.3 Å². The molecule has 0 atom stereocenters. The van der Waals surface area contributed by atoms with Crippen molar-refractivity contribution in [3.8, 4) is 5.75 Å². The summed E-state index contributed by atoms with van der Waals surface area (Å²) >= 11 is 0. The fourth-order valence-corrected chi connectivity index (χ4v) is 4.15. The smallest absolute Gasteiger partial charge is 0.275 e. The first-order chi connectivity index (χ1) is 13.7. The van der Waals surface area contributed by atoms with E-state index in [1.807, 2.05) is 12.1 Å². The molecule has 1 heterocycles. The highest BCUT2D eigenvalue weighted by Gasteiger charge is 2.32. The van der Waals surface area contributed by atoms with Gasteiger partial charge in [-0.3, -0.25) is 4.79 Å². The van der Waals surface area contributed by atoms with Crippen molar-refractivity contribution in [2.45, 2.75) is 46.2 Å². The Balaban J connectivity index is 1.82. The zero-order chi connectivity index (χ0) is 21.2. The van der Waals surface area contributed by atoms with Crippen LogP contribution in [0.4, 0.5) is 5.69 Å². The molecular weight excluding hydrogens is 362 g/mol. The van der Waals surface area contributed by atoms with Crippen LogP contribution in [-0.2, 0) is 0 Å². The molecule has 2 aromatic carbocycles. The van der Waals surface area contributed by atoms with Gasteiger partial charge in [0.1, 0.15) is 5.75 Å². The summed E-state index contributed by atoms with van der Waals surface area (Å²) in [6.07, 6.45) is 3.97. The van der Waals surface area contributed by atoms with Crippen molar-refractivity contribution in [3.63, 3.8) is 0 Å². The number of benzene rings is 2. The molecular formula is C24H29N3O2. The highest BCUT2D eigenvalue weighted by atomic mass is 16.5. The number of carbonyl (C=O) groups is 1. The minimum atomic E-state index is -0.305. The molecule has 0 unspecified atom stereocenters. The van der Waals surface area contributed by atoms with Gasteiger partial charge in [-0.15, -0.1) is 0 Å². The summed E-state index contributed by atoms with van der Waals surface area (Å²) in [5.41, 5.74) is 7.58. The van der Waals surface area contributed by atoms with E-state index in [1.165, 1.54) is 16.8 Å². The number of amides is 1. The number of hydrazone groups is 1. The first-order valence-electron chi connectivity index (χ1n) is 9.84. The van der Waals surface area contributed by atoms with Crippen molar-refractivity contribution in [2.75, 3.05) is 12.0 Å². The predicted octanol–water partition coefficient (Wildman–Crippen LogP) is 4.87. The van der Waals surface area contributed by atoms with E-state index in [1.54, 1.807) is 31.5 Å². The molecule has 0 spiro atoms. The monoisotopic (exact) mass is 391 g/mol. The molecule has 152 valence electrons. The number of hydrogen-bond donors (Lipinski definition) is 1. The lowest BCUT2D eigenvalue weighted by Gasteiger charge is -2.46. The molecule has 1 amide bonds. The SMILES string of the molecule is COc1ccccc1C(=O)N/N=C\c1ccc2c(c1)C(C)=CC(C)(C)N2C(C)C. The lowest BCUT2D eigenvalue weighted by atomic mass is 9.87. The lowest BCUT2D eigenvalue weighted by Crippen LogP contribution is -2.49. The van der Waals surface area contributed by atoms with E-state index in [0.29, 0.717) is 17.4 Å². The second-order valence-corrected chi connectivity index (χ2v) is 8.12. The van der Waals surface area contributed by atoms with Crippen LogP contribution in [0.25, 0.3) is 5.57 Å². The Kier molecular flexibility index (Phi) is 5.78. The largest absolute Gasteiger partial charge is 0.496 e. The van der Waals surface area contributed by atoms with Gasteiger partial charge in [-0.1, -0.05) is 24.3 Å². The Labute approximate surface area is 173 Å². The predicted molar refractivity (Wildman–Crippen MR) is 120 cm³/mol. The fraction of sp³-hybridized carbons (Fsp3) is 0.333. The van der Waals surface area contributed by atoms with E-state index in [9.17, 15) is 4.79 Å². The quantitative estimate of drug-likeness (QED) is 0.584. The second-order valence-electron chi connectivity index (χ2n) is 8.12. The van der Waals surface area contributed by atoms with Crippen LogP contribution in [0.1, 0.15) is 56.1 Å². The molecule has 29 heavy (non-hydrogen) atoms. The van der Waals surface area contributed by atoms with Gasteiger partial charge in [-0.25, -0.2) is 5.43 Å². The minimum absolute atomic E-state index is 0.0381. The van der Waals surface area contributed by atoms with Crippen LogP contribution < -0.4 is 15.1 Å². The van der Waals surface area contributed by atoms with Gasteiger partial charge in [0.15, 0.2) is 0 Å². The van der Waals surface area contributed by atoms with E-state index in [0.717, 1.165) is 5.56 Å². The summed E-state index contributed by atoms with van der Waals surface area (Å²) in [5.74, 6) is 0.214. The normalized spacial score (nSPS) is 15.3. The molecule has 0 saturated heterocycles. The number of nitrogens with one attached hydrogen (secondary N) is 1. The van der Waals surface area contributed by atoms with E-state index in [4.69, 9.17) is 4.74 Å². The minimum Gasteiger partial charge on any atom is -0.496 e. The van der Waals surface area contributed by atoms with E-state index < -0.39 is 0 Å². The van der Waals surface area contributed by atoms with Crippen molar-refractivity contribution in [2.24, 2.45) is 5.10 Å². The maximum Gasteiger partial charge on any atom is 0.275 e. The Morgan fingerprint density at radius 1 is 1.21 bits per heavy atom.